The molecule has 0 fully saturated rings. The fourth-order valence-corrected chi connectivity index (χ4v) is 2.07. The molecule has 0 bridgehead atoms. The Kier molecular flexibility index (Phi) is 2.79. The molecular weight excluding hydrogens is 244 g/mol. The molecule has 0 saturated heterocycles. The molecular formula is C14H12N2O3. The number of hydrogen-bond donors (Lipinski definition) is 0. The summed E-state index contributed by atoms with van der Waals surface area (Å²) in [6, 6.07) is 9.12. The Bertz CT molecular complexity index is 713. The highest BCUT2D eigenvalue weighted by atomic mass is 16.5. The van der Waals surface area contributed by atoms with E-state index >= 15 is 0 Å². The van der Waals surface area contributed by atoms with Crippen molar-refractivity contribution in [3.8, 4) is 0 Å². The van der Waals surface area contributed by atoms with Gasteiger partial charge in [-0.1, -0.05) is 6.07 Å². The summed E-state index contributed by atoms with van der Waals surface area (Å²) in [5.41, 5.74) is 1.31. The van der Waals surface area contributed by atoms with E-state index in [2.05, 4.69) is 4.98 Å². The van der Waals surface area contributed by atoms with Crippen molar-refractivity contribution in [1.82, 2.24) is 9.38 Å². The standard InChI is InChI=1S/C14H12N2O3/c1-18-14(17)12-6-2-4-10-9-15-13(16(10)12)8-11-5-3-7-19-11/h2-7,9H,8H2,1H3. The topological polar surface area (TPSA) is 56.7 Å². The van der Waals surface area contributed by atoms with Crippen LogP contribution in [-0.2, 0) is 11.2 Å². The van der Waals surface area contributed by atoms with E-state index in [1.165, 1.54) is 7.11 Å². The summed E-state index contributed by atoms with van der Waals surface area (Å²) >= 11 is 0. The van der Waals surface area contributed by atoms with Gasteiger partial charge in [0.25, 0.3) is 0 Å². The van der Waals surface area contributed by atoms with Crippen LogP contribution in [0.25, 0.3) is 5.52 Å². The van der Waals surface area contributed by atoms with Crippen molar-refractivity contribution >= 4 is 11.5 Å². The van der Waals surface area contributed by atoms with E-state index in [4.69, 9.17) is 9.15 Å². The normalized spacial score (nSPS) is 10.8. The van der Waals surface area contributed by atoms with Gasteiger partial charge < -0.3 is 9.15 Å². The minimum atomic E-state index is -0.385. The molecule has 0 radical (unpaired) electrons. The molecule has 5 heteroatoms. The first kappa shape index (κ1) is 11.5. The first-order chi connectivity index (χ1) is 9.29. The van der Waals surface area contributed by atoms with Crippen LogP contribution in [0, 0.1) is 0 Å². The van der Waals surface area contributed by atoms with Crippen LogP contribution in [0.3, 0.4) is 0 Å². The van der Waals surface area contributed by atoms with Crippen LogP contribution in [0.5, 0.6) is 0 Å². The minimum absolute atomic E-state index is 0.385. The molecule has 5 nitrogen and oxygen atoms in total. The number of fused-ring (bicyclic) bond motifs is 1. The van der Waals surface area contributed by atoms with Gasteiger partial charge in [-0.25, -0.2) is 9.78 Å². The number of pyridine rings is 1. The maximum Gasteiger partial charge on any atom is 0.355 e. The van der Waals surface area contributed by atoms with E-state index < -0.39 is 0 Å². The number of aromatic nitrogens is 2. The number of esters is 1. The molecule has 3 aromatic heterocycles. The van der Waals surface area contributed by atoms with Gasteiger partial charge in [0.05, 0.1) is 31.5 Å². The zero-order valence-electron chi connectivity index (χ0n) is 10.4. The van der Waals surface area contributed by atoms with Gasteiger partial charge in [0.2, 0.25) is 0 Å². The van der Waals surface area contributed by atoms with Gasteiger partial charge >= 0.3 is 5.97 Å². The van der Waals surface area contributed by atoms with Crippen molar-refractivity contribution in [2.45, 2.75) is 6.42 Å². The van der Waals surface area contributed by atoms with E-state index in [1.807, 2.05) is 18.2 Å². The molecule has 0 unspecified atom stereocenters. The summed E-state index contributed by atoms with van der Waals surface area (Å²) < 4.78 is 11.9. The van der Waals surface area contributed by atoms with Gasteiger partial charge in [-0.15, -0.1) is 0 Å². The zero-order chi connectivity index (χ0) is 13.2. The molecule has 3 heterocycles. The molecule has 0 spiro atoms. The summed E-state index contributed by atoms with van der Waals surface area (Å²) in [5.74, 6) is 1.16. The molecule has 0 atom stereocenters. The molecule has 0 N–H and O–H groups in total. The van der Waals surface area contributed by atoms with E-state index in [0.717, 1.165) is 17.1 Å². The molecule has 0 aliphatic carbocycles. The highest BCUT2D eigenvalue weighted by Crippen LogP contribution is 2.15. The molecule has 0 aliphatic heterocycles. The third-order valence-corrected chi connectivity index (χ3v) is 2.93. The number of carbonyl (C=O) groups excluding carboxylic acids is 1. The Morgan fingerprint density at radius 1 is 1.37 bits per heavy atom. The average molecular weight is 256 g/mol. The van der Waals surface area contributed by atoms with Crippen LogP contribution < -0.4 is 0 Å². The lowest BCUT2D eigenvalue weighted by atomic mass is 10.3. The van der Waals surface area contributed by atoms with Crippen LogP contribution in [0.2, 0.25) is 0 Å². The van der Waals surface area contributed by atoms with Crippen LogP contribution in [0.1, 0.15) is 22.1 Å². The second-order valence-corrected chi connectivity index (χ2v) is 4.09. The average Bonchev–Trinajstić information content (AvgIpc) is 3.08. The quantitative estimate of drug-likeness (QED) is 0.675. The Balaban J connectivity index is 2.12. The highest BCUT2D eigenvalue weighted by molar-refractivity contribution is 5.88. The number of rotatable bonds is 3. The summed E-state index contributed by atoms with van der Waals surface area (Å²) in [5, 5.41) is 0. The van der Waals surface area contributed by atoms with Crippen LogP contribution in [0.4, 0.5) is 0 Å². The fourth-order valence-electron chi connectivity index (χ4n) is 2.07. The number of furan rings is 1. The summed E-state index contributed by atoms with van der Waals surface area (Å²) in [4.78, 5) is 16.1. The minimum Gasteiger partial charge on any atom is -0.469 e. The third kappa shape index (κ3) is 1.99. The SMILES string of the molecule is COC(=O)c1cccc2cnc(Cc3ccco3)n12. The van der Waals surface area contributed by atoms with Crippen molar-refractivity contribution in [3.63, 3.8) is 0 Å². The molecule has 19 heavy (non-hydrogen) atoms. The Morgan fingerprint density at radius 3 is 3.00 bits per heavy atom. The van der Waals surface area contributed by atoms with Gasteiger partial charge in [0.1, 0.15) is 17.3 Å². The molecule has 0 amide bonds. The molecule has 0 aliphatic rings. The summed E-state index contributed by atoms with van der Waals surface area (Å²) in [7, 11) is 1.37. The van der Waals surface area contributed by atoms with Crippen LogP contribution in [0.15, 0.2) is 47.2 Å². The van der Waals surface area contributed by atoms with Crippen molar-refractivity contribution in [2.24, 2.45) is 0 Å². The highest BCUT2D eigenvalue weighted by Gasteiger charge is 2.14. The first-order valence-electron chi connectivity index (χ1n) is 5.85. The Morgan fingerprint density at radius 2 is 2.26 bits per heavy atom. The Hall–Kier alpha value is -2.56. The maximum absolute atomic E-state index is 11.8. The predicted octanol–water partition coefficient (Wildman–Crippen LogP) is 2.30. The van der Waals surface area contributed by atoms with E-state index in [0.29, 0.717) is 12.1 Å². The van der Waals surface area contributed by atoms with Crippen molar-refractivity contribution < 1.29 is 13.9 Å². The monoisotopic (exact) mass is 256 g/mol. The second kappa shape index (κ2) is 4.61. The number of hydrogen-bond acceptors (Lipinski definition) is 4. The number of nitrogens with zero attached hydrogens (tertiary/aromatic N) is 2. The van der Waals surface area contributed by atoms with Gasteiger partial charge in [-0.05, 0) is 24.3 Å². The summed E-state index contributed by atoms with van der Waals surface area (Å²) in [6.07, 6.45) is 3.87. The largest absolute Gasteiger partial charge is 0.469 e. The van der Waals surface area contributed by atoms with E-state index in [-0.39, 0.29) is 5.97 Å². The summed E-state index contributed by atoms with van der Waals surface area (Å²) in [6.45, 7) is 0. The van der Waals surface area contributed by atoms with Crippen LogP contribution in [-0.4, -0.2) is 22.5 Å². The Labute approximate surface area is 109 Å². The lowest BCUT2D eigenvalue weighted by molar-refractivity contribution is 0.0592. The third-order valence-electron chi connectivity index (χ3n) is 2.93. The lowest BCUT2D eigenvalue weighted by Gasteiger charge is -2.06. The van der Waals surface area contributed by atoms with Crippen molar-refractivity contribution in [3.05, 3.63) is 60.1 Å². The lowest BCUT2D eigenvalue weighted by Crippen LogP contribution is -2.10. The smallest absolute Gasteiger partial charge is 0.355 e. The molecule has 3 aromatic rings. The predicted molar refractivity (Wildman–Crippen MR) is 68.0 cm³/mol. The van der Waals surface area contributed by atoms with E-state index in [1.54, 1.807) is 29.0 Å². The zero-order valence-corrected chi connectivity index (χ0v) is 10.4. The molecule has 0 aromatic carbocycles. The number of ether oxygens (including phenoxy) is 1. The number of methoxy groups -OCH3 is 1. The fraction of sp³-hybridized carbons (Fsp3) is 0.143. The van der Waals surface area contributed by atoms with Gasteiger partial charge in [0.15, 0.2) is 0 Å². The molecule has 3 rings (SSSR count). The number of carbonyl (C=O) groups is 1. The number of imidazole rings is 1. The molecule has 96 valence electrons. The second-order valence-electron chi connectivity index (χ2n) is 4.09. The van der Waals surface area contributed by atoms with Crippen molar-refractivity contribution in [2.75, 3.05) is 7.11 Å². The van der Waals surface area contributed by atoms with Crippen LogP contribution >= 0.6 is 0 Å². The maximum atomic E-state index is 11.8. The first-order valence-corrected chi connectivity index (χ1v) is 5.85. The van der Waals surface area contributed by atoms with Gasteiger partial charge in [0, 0.05) is 0 Å². The van der Waals surface area contributed by atoms with Gasteiger partial charge in [-0.3, -0.25) is 4.40 Å². The van der Waals surface area contributed by atoms with E-state index in [9.17, 15) is 4.79 Å². The van der Waals surface area contributed by atoms with Gasteiger partial charge in [-0.2, -0.15) is 0 Å². The van der Waals surface area contributed by atoms with Crippen molar-refractivity contribution in [1.29, 1.82) is 0 Å². The molecule has 0 saturated carbocycles.